The maximum absolute atomic E-state index is 12.5. The molecule has 1 atom stereocenters. The van der Waals surface area contributed by atoms with Crippen LogP contribution in [0.2, 0.25) is 0 Å². The fraction of sp³-hybridized carbons (Fsp3) is 0.174. The summed E-state index contributed by atoms with van der Waals surface area (Å²) >= 11 is 0. The number of ether oxygens (including phenoxy) is 1. The fourth-order valence-electron chi connectivity index (χ4n) is 3.48. The molecule has 6 nitrogen and oxygen atoms in total. The van der Waals surface area contributed by atoms with Crippen LogP contribution in [0, 0.1) is 0 Å². The molecule has 0 radical (unpaired) electrons. The van der Waals surface area contributed by atoms with Crippen LogP contribution in [0.5, 0.6) is 0 Å². The van der Waals surface area contributed by atoms with E-state index < -0.39 is 12.1 Å². The number of anilines is 1. The molecule has 1 unspecified atom stereocenters. The number of nitrogens with zero attached hydrogens (tertiary/aromatic N) is 2. The lowest BCUT2D eigenvalue weighted by atomic mass is 10.1. The van der Waals surface area contributed by atoms with Gasteiger partial charge in [-0.05, 0) is 50.2 Å². The van der Waals surface area contributed by atoms with Gasteiger partial charge in [0.05, 0.1) is 5.56 Å². The summed E-state index contributed by atoms with van der Waals surface area (Å²) in [5.74, 6) is -0.969. The smallest absolute Gasteiger partial charge is 0.340 e. The maximum atomic E-state index is 12.5. The third-order valence-corrected chi connectivity index (χ3v) is 4.91. The van der Waals surface area contributed by atoms with E-state index in [2.05, 4.69) is 33.9 Å². The number of hydrogen-bond acceptors (Lipinski definition) is 4. The van der Waals surface area contributed by atoms with E-state index in [4.69, 9.17) is 4.74 Å². The summed E-state index contributed by atoms with van der Waals surface area (Å²) in [6.07, 6.45) is 2.04. The number of hydrogen-bond donors (Lipinski definition) is 1. The molecule has 0 aliphatic heterocycles. The molecule has 0 aliphatic rings. The molecule has 0 fully saturated rings. The van der Waals surface area contributed by atoms with Crippen LogP contribution >= 0.6 is 0 Å². The summed E-state index contributed by atoms with van der Waals surface area (Å²) in [5.41, 5.74) is 3.24. The van der Waals surface area contributed by atoms with E-state index >= 15 is 0 Å². The van der Waals surface area contributed by atoms with Crippen molar-refractivity contribution < 1.29 is 14.3 Å². The Morgan fingerprint density at radius 1 is 1.07 bits per heavy atom. The highest BCUT2D eigenvalue weighted by atomic mass is 16.5. The minimum Gasteiger partial charge on any atom is -0.449 e. The molecule has 2 heterocycles. The molecule has 4 aromatic rings. The summed E-state index contributed by atoms with van der Waals surface area (Å²) in [6, 6.07) is 17.3. The summed E-state index contributed by atoms with van der Waals surface area (Å²) in [5, 5.41) is 5.05. The van der Waals surface area contributed by atoms with Crippen LogP contribution < -0.4 is 5.32 Å². The van der Waals surface area contributed by atoms with E-state index in [1.54, 1.807) is 25.3 Å². The van der Waals surface area contributed by atoms with Gasteiger partial charge in [0, 0.05) is 46.4 Å². The van der Waals surface area contributed by atoms with E-state index in [1.165, 1.54) is 6.20 Å². The Labute approximate surface area is 168 Å². The lowest BCUT2D eigenvalue weighted by Crippen LogP contribution is -2.30. The Kier molecular flexibility index (Phi) is 4.99. The van der Waals surface area contributed by atoms with Crippen LogP contribution in [-0.2, 0) is 16.1 Å². The van der Waals surface area contributed by atoms with Crippen molar-refractivity contribution in [2.75, 3.05) is 5.32 Å². The average Bonchev–Trinajstić information content (AvgIpc) is 3.07. The minimum absolute atomic E-state index is 0.306. The Hall–Kier alpha value is -3.67. The van der Waals surface area contributed by atoms with E-state index in [0.29, 0.717) is 11.3 Å². The van der Waals surface area contributed by atoms with Gasteiger partial charge >= 0.3 is 5.97 Å². The molecule has 2 aromatic carbocycles. The van der Waals surface area contributed by atoms with E-state index in [1.807, 2.05) is 30.3 Å². The van der Waals surface area contributed by atoms with Gasteiger partial charge in [0.25, 0.3) is 5.91 Å². The number of amides is 1. The van der Waals surface area contributed by atoms with E-state index in [0.717, 1.165) is 28.4 Å². The number of benzene rings is 2. The Balaban J connectivity index is 1.55. The first kappa shape index (κ1) is 18.7. The van der Waals surface area contributed by atoms with Gasteiger partial charge in [0.2, 0.25) is 0 Å². The van der Waals surface area contributed by atoms with Gasteiger partial charge in [-0.1, -0.05) is 18.2 Å². The molecule has 1 N–H and O–H groups in total. The molecule has 4 rings (SSSR count). The van der Waals surface area contributed by atoms with Crippen molar-refractivity contribution >= 4 is 39.4 Å². The largest absolute Gasteiger partial charge is 0.449 e. The maximum Gasteiger partial charge on any atom is 0.340 e. The molecular weight excluding hydrogens is 366 g/mol. The van der Waals surface area contributed by atoms with Crippen LogP contribution in [0.3, 0.4) is 0 Å². The first-order valence-corrected chi connectivity index (χ1v) is 9.51. The quantitative estimate of drug-likeness (QED) is 0.515. The first-order chi connectivity index (χ1) is 14.1. The number of esters is 1. The molecule has 1 amide bonds. The molecule has 0 spiro atoms. The molecule has 2 aromatic heterocycles. The summed E-state index contributed by atoms with van der Waals surface area (Å²) in [4.78, 5) is 28.5. The Bertz CT molecular complexity index is 1200. The number of pyridine rings is 1. The van der Waals surface area contributed by atoms with Gasteiger partial charge in [-0.2, -0.15) is 0 Å². The average molecular weight is 387 g/mol. The number of nitrogens with one attached hydrogen (secondary N) is 1. The van der Waals surface area contributed by atoms with E-state index in [-0.39, 0.29) is 5.91 Å². The van der Waals surface area contributed by atoms with Gasteiger partial charge in [0.1, 0.15) is 0 Å². The van der Waals surface area contributed by atoms with E-state index in [9.17, 15) is 9.59 Å². The van der Waals surface area contributed by atoms with Gasteiger partial charge in [-0.3, -0.25) is 9.78 Å². The fourth-order valence-corrected chi connectivity index (χ4v) is 3.48. The van der Waals surface area contributed by atoms with Crippen molar-refractivity contribution in [1.82, 2.24) is 9.55 Å². The number of aromatic nitrogens is 2. The van der Waals surface area contributed by atoms with Crippen molar-refractivity contribution in [3.05, 3.63) is 72.6 Å². The predicted molar refractivity (Wildman–Crippen MR) is 113 cm³/mol. The standard InChI is InChI=1S/C23H21N3O3/c1-3-26-20-9-5-4-8-18(20)19-13-17(10-11-21(19)26)25-22(27)15(2)29-23(28)16-7-6-12-24-14-16/h4-15H,3H2,1-2H3,(H,25,27). The molecule has 0 saturated carbocycles. The molecule has 0 aliphatic carbocycles. The number of aryl methyl sites for hydroxylation is 1. The monoisotopic (exact) mass is 387 g/mol. The third kappa shape index (κ3) is 3.57. The van der Waals surface area contributed by atoms with Crippen molar-refractivity contribution in [2.45, 2.75) is 26.5 Å². The molecule has 29 heavy (non-hydrogen) atoms. The summed E-state index contributed by atoms with van der Waals surface area (Å²) in [7, 11) is 0. The molecule has 6 heteroatoms. The van der Waals surface area contributed by atoms with Gasteiger partial charge in [0.15, 0.2) is 6.10 Å². The van der Waals surface area contributed by atoms with Gasteiger partial charge < -0.3 is 14.6 Å². The van der Waals surface area contributed by atoms with Crippen LogP contribution in [0.1, 0.15) is 24.2 Å². The normalized spacial score (nSPS) is 12.1. The highest BCUT2D eigenvalue weighted by molar-refractivity contribution is 6.10. The number of rotatable bonds is 5. The highest BCUT2D eigenvalue weighted by Gasteiger charge is 2.19. The van der Waals surface area contributed by atoms with Crippen molar-refractivity contribution in [2.24, 2.45) is 0 Å². The Morgan fingerprint density at radius 3 is 2.62 bits per heavy atom. The topological polar surface area (TPSA) is 73.2 Å². The van der Waals surface area contributed by atoms with Crippen LogP contribution in [-0.4, -0.2) is 27.5 Å². The SMILES string of the molecule is CCn1c2ccccc2c2cc(NC(=O)C(C)OC(=O)c3cccnc3)ccc21. The molecule has 0 saturated heterocycles. The minimum atomic E-state index is -0.935. The van der Waals surface area contributed by atoms with Gasteiger partial charge in [-0.25, -0.2) is 4.79 Å². The zero-order chi connectivity index (χ0) is 20.4. The summed E-state index contributed by atoms with van der Waals surface area (Å²) in [6.45, 7) is 4.52. The Morgan fingerprint density at radius 2 is 1.86 bits per heavy atom. The lowest BCUT2D eigenvalue weighted by molar-refractivity contribution is -0.123. The predicted octanol–water partition coefficient (Wildman–Crippen LogP) is 4.39. The number of fused-ring (bicyclic) bond motifs is 3. The zero-order valence-electron chi connectivity index (χ0n) is 16.3. The van der Waals surface area contributed by atoms with Crippen molar-refractivity contribution in [3.63, 3.8) is 0 Å². The molecular formula is C23H21N3O3. The second kappa shape index (κ2) is 7.75. The number of carbonyl (C=O) groups is 2. The second-order valence-electron chi connectivity index (χ2n) is 6.77. The van der Waals surface area contributed by atoms with Crippen LogP contribution in [0.25, 0.3) is 21.8 Å². The van der Waals surface area contributed by atoms with Gasteiger partial charge in [-0.15, -0.1) is 0 Å². The number of para-hydroxylation sites is 1. The molecule has 146 valence electrons. The number of carbonyl (C=O) groups excluding carboxylic acids is 2. The van der Waals surface area contributed by atoms with Crippen LogP contribution in [0.4, 0.5) is 5.69 Å². The summed E-state index contributed by atoms with van der Waals surface area (Å²) < 4.78 is 7.50. The first-order valence-electron chi connectivity index (χ1n) is 9.51. The zero-order valence-corrected chi connectivity index (χ0v) is 16.3. The lowest BCUT2D eigenvalue weighted by Gasteiger charge is -2.13. The van der Waals surface area contributed by atoms with Crippen molar-refractivity contribution in [1.29, 1.82) is 0 Å². The third-order valence-electron chi connectivity index (χ3n) is 4.91. The molecule has 0 bridgehead atoms. The highest BCUT2D eigenvalue weighted by Crippen LogP contribution is 2.31. The van der Waals surface area contributed by atoms with Crippen LogP contribution in [0.15, 0.2) is 67.0 Å². The second-order valence-corrected chi connectivity index (χ2v) is 6.77. The van der Waals surface area contributed by atoms with Crippen molar-refractivity contribution in [3.8, 4) is 0 Å².